The predicted octanol–water partition coefficient (Wildman–Crippen LogP) is 2.88. The smallest absolute Gasteiger partial charge is 0.326 e. The molecule has 4 amide bonds. The molecule has 10 nitrogen and oxygen atoms in total. The standard InChI is InChI=1S/C23H23N7O3S/c31-21-16(28-23(33)29-21)9-12-11-24-30-19(25-14-5-6-14)10-15(27-20(12)30)17-7-8-18(34-17)22(32)26-13-3-1-2-4-13/h7-11,13-14,25H,1-6H2,(H,26,32)(H2,28,29,31,33)/b16-9-. The van der Waals surface area contributed by atoms with Crippen molar-refractivity contribution in [2.75, 3.05) is 5.32 Å². The van der Waals surface area contributed by atoms with E-state index in [2.05, 4.69) is 26.4 Å². The van der Waals surface area contributed by atoms with Gasteiger partial charge in [0.15, 0.2) is 5.65 Å². The summed E-state index contributed by atoms with van der Waals surface area (Å²) in [6.45, 7) is 0. The topological polar surface area (TPSA) is 130 Å². The van der Waals surface area contributed by atoms with E-state index in [1.165, 1.54) is 11.3 Å². The van der Waals surface area contributed by atoms with Crippen LogP contribution >= 0.6 is 11.3 Å². The third kappa shape index (κ3) is 4.03. The van der Waals surface area contributed by atoms with Crippen molar-refractivity contribution < 1.29 is 14.4 Å². The Morgan fingerprint density at radius 3 is 2.68 bits per heavy atom. The Morgan fingerprint density at radius 2 is 1.94 bits per heavy atom. The van der Waals surface area contributed by atoms with Gasteiger partial charge in [-0.15, -0.1) is 11.3 Å². The molecule has 3 fully saturated rings. The molecule has 2 saturated carbocycles. The SMILES string of the molecule is O=C1NC(=O)/C(=C/c2cnn3c(NC4CC4)cc(-c4ccc(C(=O)NC5CCCC5)s4)nc23)N1. The third-order valence-corrected chi connectivity index (χ3v) is 7.33. The summed E-state index contributed by atoms with van der Waals surface area (Å²) in [6.07, 6.45) is 9.76. The number of anilines is 1. The summed E-state index contributed by atoms with van der Waals surface area (Å²) < 4.78 is 1.70. The van der Waals surface area contributed by atoms with E-state index in [0.29, 0.717) is 27.8 Å². The number of nitrogens with zero attached hydrogens (tertiary/aromatic N) is 3. The summed E-state index contributed by atoms with van der Waals surface area (Å²) in [5, 5.41) is 15.8. The number of urea groups is 1. The highest BCUT2D eigenvalue weighted by atomic mass is 32.1. The van der Waals surface area contributed by atoms with E-state index >= 15 is 0 Å². The average Bonchev–Trinajstić information content (AvgIpc) is 3.24. The van der Waals surface area contributed by atoms with E-state index in [0.717, 1.165) is 49.2 Å². The molecule has 4 heterocycles. The molecule has 0 spiro atoms. The Kier molecular flexibility index (Phi) is 5.05. The summed E-state index contributed by atoms with van der Waals surface area (Å²) in [4.78, 5) is 42.5. The molecule has 0 atom stereocenters. The number of nitrogens with one attached hydrogen (secondary N) is 4. The van der Waals surface area contributed by atoms with Gasteiger partial charge in [-0.25, -0.2) is 9.78 Å². The average molecular weight is 478 g/mol. The molecule has 174 valence electrons. The number of carbonyl (C=O) groups is 3. The van der Waals surface area contributed by atoms with Crippen LogP contribution < -0.4 is 21.3 Å². The lowest BCUT2D eigenvalue weighted by atomic mass is 10.2. The molecule has 11 heteroatoms. The molecule has 0 aromatic carbocycles. The molecule has 34 heavy (non-hydrogen) atoms. The van der Waals surface area contributed by atoms with Crippen molar-refractivity contribution in [3.63, 3.8) is 0 Å². The molecule has 0 bridgehead atoms. The normalized spacial score (nSPS) is 19.6. The van der Waals surface area contributed by atoms with E-state index in [4.69, 9.17) is 4.98 Å². The van der Waals surface area contributed by atoms with Crippen molar-refractivity contribution in [2.24, 2.45) is 0 Å². The van der Waals surface area contributed by atoms with E-state index in [-0.39, 0.29) is 17.6 Å². The fraction of sp³-hybridized carbons (Fsp3) is 0.348. The number of imide groups is 1. The van der Waals surface area contributed by atoms with Crippen LogP contribution in [0, 0.1) is 0 Å². The van der Waals surface area contributed by atoms with Gasteiger partial charge in [0.2, 0.25) is 0 Å². The Balaban J connectivity index is 1.36. The first kappa shape index (κ1) is 20.8. The molecular weight excluding hydrogens is 454 g/mol. The fourth-order valence-electron chi connectivity index (χ4n) is 4.31. The third-order valence-electron chi connectivity index (χ3n) is 6.22. The van der Waals surface area contributed by atoms with Crippen molar-refractivity contribution in [1.29, 1.82) is 0 Å². The lowest BCUT2D eigenvalue weighted by Gasteiger charge is -2.10. The molecule has 1 saturated heterocycles. The molecule has 1 aliphatic heterocycles. The van der Waals surface area contributed by atoms with Gasteiger partial charge in [-0.2, -0.15) is 9.61 Å². The largest absolute Gasteiger partial charge is 0.367 e. The molecule has 4 N–H and O–H groups in total. The molecule has 3 aliphatic rings. The van der Waals surface area contributed by atoms with Gasteiger partial charge in [0, 0.05) is 23.7 Å². The zero-order chi connectivity index (χ0) is 23.2. The van der Waals surface area contributed by atoms with Crippen LogP contribution in [0.5, 0.6) is 0 Å². The summed E-state index contributed by atoms with van der Waals surface area (Å²) in [5.74, 6) is 0.253. The van der Waals surface area contributed by atoms with Gasteiger partial charge in [-0.3, -0.25) is 14.9 Å². The van der Waals surface area contributed by atoms with E-state index in [1.807, 2.05) is 18.2 Å². The first-order valence-corrected chi connectivity index (χ1v) is 12.3. The molecule has 3 aromatic heterocycles. The maximum atomic E-state index is 12.7. The zero-order valence-electron chi connectivity index (χ0n) is 18.3. The number of carbonyl (C=O) groups excluding carboxylic acids is 3. The van der Waals surface area contributed by atoms with Crippen LogP contribution in [0.1, 0.15) is 53.8 Å². The van der Waals surface area contributed by atoms with Gasteiger partial charge in [0.05, 0.1) is 21.6 Å². The predicted molar refractivity (Wildman–Crippen MR) is 127 cm³/mol. The Bertz CT molecular complexity index is 1350. The fourth-order valence-corrected chi connectivity index (χ4v) is 5.18. The Hall–Kier alpha value is -3.73. The molecular formula is C23H23N7O3S. The number of thiophene rings is 1. The first-order valence-electron chi connectivity index (χ1n) is 11.4. The lowest BCUT2D eigenvalue weighted by molar-refractivity contribution is -0.115. The van der Waals surface area contributed by atoms with Crippen LogP contribution in [0.15, 0.2) is 30.1 Å². The van der Waals surface area contributed by atoms with Gasteiger partial charge in [0.25, 0.3) is 11.8 Å². The second-order valence-corrected chi connectivity index (χ2v) is 9.95. The molecule has 2 aliphatic carbocycles. The zero-order valence-corrected chi connectivity index (χ0v) is 19.1. The van der Waals surface area contributed by atoms with E-state index in [9.17, 15) is 14.4 Å². The monoisotopic (exact) mass is 477 g/mol. The van der Waals surface area contributed by atoms with Crippen molar-refractivity contribution >= 4 is 46.7 Å². The summed E-state index contributed by atoms with van der Waals surface area (Å²) in [5.41, 5.74) is 2.00. The summed E-state index contributed by atoms with van der Waals surface area (Å²) in [6, 6.07) is 5.77. The maximum absolute atomic E-state index is 12.7. The first-order chi connectivity index (χ1) is 16.5. The summed E-state index contributed by atoms with van der Waals surface area (Å²) >= 11 is 1.40. The molecule has 0 radical (unpaired) electrons. The van der Waals surface area contributed by atoms with Gasteiger partial charge in [0.1, 0.15) is 11.5 Å². The number of aromatic nitrogens is 3. The van der Waals surface area contributed by atoms with Crippen molar-refractivity contribution in [2.45, 2.75) is 50.6 Å². The minimum absolute atomic E-state index is 0.0432. The van der Waals surface area contributed by atoms with Gasteiger partial charge in [-0.1, -0.05) is 12.8 Å². The minimum Gasteiger partial charge on any atom is -0.367 e. The van der Waals surface area contributed by atoms with E-state index < -0.39 is 11.9 Å². The second-order valence-electron chi connectivity index (χ2n) is 8.87. The molecule has 0 unspecified atom stereocenters. The van der Waals surface area contributed by atoms with Gasteiger partial charge in [-0.05, 0) is 43.9 Å². The number of amides is 4. The van der Waals surface area contributed by atoms with Gasteiger partial charge < -0.3 is 16.0 Å². The maximum Gasteiger partial charge on any atom is 0.326 e. The minimum atomic E-state index is -0.556. The number of rotatable bonds is 6. The van der Waals surface area contributed by atoms with Crippen LogP contribution in [0.25, 0.3) is 22.3 Å². The number of fused-ring (bicyclic) bond motifs is 1. The summed E-state index contributed by atoms with van der Waals surface area (Å²) in [7, 11) is 0. The van der Waals surface area contributed by atoms with E-state index in [1.54, 1.807) is 16.8 Å². The molecule has 6 rings (SSSR count). The Labute approximate surface area is 198 Å². The van der Waals surface area contributed by atoms with Crippen molar-refractivity contribution in [3.05, 3.63) is 40.5 Å². The second kappa shape index (κ2) is 8.24. The Morgan fingerprint density at radius 1 is 1.12 bits per heavy atom. The quantitative estimate of drug-likeness (QED) is 0.319. The highest BCUT2D eigenvalue weighted by Crippen LogP contribution is 2.32. The van der Waals surface area contributed by atoms with Crippen molar-refractivity contribution in [1.82, 2.24) is 30.5 Å². The van der Waals surface area contributed by atoms with Crippen LogP contribution in [0.3, 0.4) is 0 Å². The highest BCUT2D eigenvalue weighted by molar-refractivity contribution is 7.17. The van der Waals surface area contributed by atoms with Crippen LogP contribution in [0.2, 0.25) is 0 Å². The van der Waals surface area contributed by atoms with Crippen LogP contribution in [-0.4, -0.2) is 44.5 Å². The molecule has 3 aromatic rings. The van der Waals surface area contributed by atoms with Crippen LogP contribution in [-0.2, 0) is 4.79 Å². The van der Waals surface area contributed by atoms with Crippen LogP contribution in [0.4, 0.5) is 10.6 Å². The number of hydrogen-bond donors (Lipinski definition) is 4. The number of hydrogen-bond acceptors (Lipinski definition) is 7. The van der Waals surface area contributed by atoms with Gasteiger partial charge >= 0.3 is 6.03 Å². The highest BCUT2D eigenvalue weighted by Gasteiger charge is 2.26. The lowest BCUT2D eigenvalue weighted by Crippen LogP contribution is -2.31. The van der Waals surface area contributed by atoms with Crippen molar-refractivity contribution in [3.8, 4) is 10.6 Å².